The zero-order valence-electron chi connectivity index (χ0n) is 14.7. The molecule has 0 aliphatic carbocycles. The fraction of sp³-hybridized carbons (Fsp3) is 0.294. The molecular weight excluding hydrogens is 364 g/mol. The maximum absolute atomic E-state index is 13.0. The second-order valence-corrected chi connectivity index (χ2v) is 7.21. The van der Waals surface area contributed by atoms with Gasteiger partial charge in [0.05, 0.1) is 17.1 Å². The Bertz CT molecular complexity index is 1130. The van der Waals surface area contributed by atoms with Gasteiger partial charge in [0.25, 0.3) is 5.91 Å². The van der Waals surface area contributed by atoms with Crippen LogP contribution in [0.3, 0.4) is 0 Å². The molecule has 4 aromatic rings. The summed E-state index contributed by atoms with van der Waals surface area (Å²) in [4.78, 5) is 26.7. The standard InChI is InChI=1S/C17H16N8OS/c1-9-14-21-22-15(16-18-10(2)23-27-16)25(14)8-7-24(9)17(26)13-19-11-5-3-4-6-12(11)20-13/h3-6,9H,7-8H2,1-2H3,(H,19,20)/t9-/m1/s1. The smallest absolute Gasteiger partial charge is 0.290 e. The highest BCUT2D eigenvalue weighted by atomic mass is 32.1. The van der Waals surface area contributed by atoms with Crippen LogP contribution in [0.2, 0.25) is 0 Å². The van der Waals surface area contributed by atoms with Gasteiger partial charge in [-0.1, -0.05) is 12.1 Å². The molecule has 136 valence electrons. The molecule has 1 N–H and O–H groups in total. The number of imidazole rings is 1. The first kappa shape index (κ1) is 16.1. The Morgan fingerprint density at radius 1 is 1.22 bits per heavy atom. The summed E-state index contributed by atoms with van der Waals surface area (Å²) in [6.45, 7) is 4.96. The predicted molar refractivity (Wildman–Crippen MR) is 99.2 cm³/mol. The van der Waals surface area contributed by atoms with Crippen LogP contribution in [0.4, 0.5) is 0 Å². The third-order valence-corrected chi connectivity index (χ3v) is 5.56. The lowest BCUT2D eigenvalue weighted by atomic mass is 10.2. The van der Waals surface area contributed by atoms with Gasteiger partial charge in [0.15, 0.2) is 22.5 Å². The Morgan fingerprint density at radius 3 is 2.85 bits per heavy atom. The van der Waals surface area contributed by atoms with Crippen molar-refractivity contribution in [1.29, 1.82) is 0 Å². The van der Waals surface area contributed by atoms with Crippen molar-refractivity contribution in [1.82, 2.24) is 39.0 Å². The Morgan fingerprint density at radius 2 is 2.07 bits per heavy atom. The van der Waals surface area contributed by atoms with Crippen LogP contribution in [0, 0.1) is 6.92 Å². The van der Waals surface area contributed by atoms with E-state index in [0.717, 1.165) is 27.7 Å². The first-order chi connectivity index (χ1) is 13.1. The van der Waals surface area contributed by atoms with Crippen molar-refractivity contribution >= 4 is 28.5 Å². The Labute approximate surface area is 158 Å². The highest BCUT2D eigenvalue weighted by molar-refractivity contribution is 7.09. The number of nitrogens with one attached hydrogen (secondary N) is 1. The van der Waals surface area contributed by atoms with E-state index in [2.05, 4.69) is 29.5 Å². The van der Waals surface area contributed by atoms with E-state index in [1.807, 2.05) is 42.7 Å². The van der Waals surface area contributed by atoms with Crippen molar-refractivity contribution in [3.05, 3.63) is 41.7 Å². The molecule has 0 saturated carbocycles. The molecule has 4 heterocycles. The SMILES string of the molecule is Cc1nsc(-c2nnc3n2CCN(C(=O)c2nc4ccccc4[nH]2)[C@@H]3C)n1. The van der Waals surface area contributed by atoms with E-state index in [-0.39, 0.29) is 11.9 Å². The molecular formula is C17H16N8OS. The monoisotopic (exact) mass is 380 g/mol. The third kappa shape index (κ3) is 2.52. The van der Waals surface area contributed by atoms with Gasteiger partial charge in [-0.25, -0.2) is 9.97 Å². The van der Waals surface area contributed by atoms with Crippen LogP contribution >= 0.6 is 11.5 Å². The zero-order chi connectivity index (χ0) is 18.5. The fourth-order valence-corrected chi connectivity index (χ4v) is 4.06. The van der Waals surface area contributed by atoms with Gasteiger partial charge in [-0.05, 0) is 37.5 Å². The quantitative estimate of drug-likeness (QED) is 0.571. The summed E-state index contributed by atoms with van der Waals surface area (Å²) in [7, 11) is 0. The number of hydrogen-bond acceptors (Lipinski definition) is 7. The van der Waals surface area contributed by atoms with Crippen molar-refractivity contribution in [3.8, 4) is 10.8 Å². The minimum atomic E-state index is -0.213. The number of rotatable bonds is 2. The number of carbonyl (C=O) groups is 1. The highest BCUT2D eigenvalue weighted by Crippen LogP contribution is 2.30. The first-order valence-electron chi connectivity index (χ1n) is 8.61. The highest BCUT2D eigenvalue weighted by Gasteiger charge is 2.33. The van der Waals surface area contributed by atoms with E-state index in [1.165, 1.54) is 11.5 Å². The average molecular weight is 380 g/mol. The normalized spacial score (nSPS) is 16.7. The van der Waals surface area contributed by atoms with Gasteiger partial charge < -0.3 is 14.5 Å². The van der Waals surface area contributed by atoms with Crippen LogP contribution in [0.15, 0.2) is 24.3 Å². The van der Waals surface area contributed by atoms with Crippen molar-refractivity contribution < 1.29 is 4.79 Å². The number of amides is 1. The average Bonchev–Trinajstić information content (AvgIpc) is 3.38. The van der Waals surface area contributed by atoms with E-state index in [1.54, 1.807) is 4.90 Å². The van der Waals surface area contributed by atoms with Crippen LogP contribution in [0.1, 0.15) is 35.2 Å². The topological polar surface area (TPSA) is 105 Å². The van der Waals surface area contributed by atoms with Gasteiger partial charge in [-0.2, -0.15) is 4.37 Å². The maximum Gasteiger partial charge on any atom is 0.290 e. The molecule has 0 radical (unpaired) electrons. The van der Waals surface area contributed by atoms with Gasteiger partial charge in [0.2, 0.25) is 0 Å². The van der Waals surface area contributed by atoms with Crippen LogP contribution < -0.4 is 0 Å². The van der Waals surface area contributed by atoms with Crippen LogP contribution in [-0.4, -0.2) is 51.4 Å². The largest absolute Gasteiger partial charge is 0.334 e. The maximum atomic E-state index is 13.0. The molecule has 0 unspecified atom stereocenters. The summed E-state index contributed by atoms with van der Waals surface area (Å²) in [5.41, 5.74) is 1.63. The Balaban J connectivity index is 1.47. The molecule has 1 atom stereocenters. The number of aromatic amines is 1. The number of H-pyrrole nitrogens is 1. The molecule has 0 spiro atoms. The summed E-state index contributed by atoms with van der Waals surface area (Å²) in [5.74, 6) is 2.38. The van der Waals surface area contributed by atoms with E-state index in [9.17, 15) is 4.79 Å². The van der Waals surface area contributed by atoms with Gasteiger partial charge in [-0.15, -0.1) is 10.2 Å². The number of fused-ring (bicyclic) bond motifs is 2. The molecule has 0 fully saturated rings. The van der Waals surface area contributed by atoms with Gasteiger partial charge in [0.1, 0.15) is 5.82 Å². The molecule has 1 aromatic carbocycles. The number of aromatic nitrogens is 7. The zero-order valence-corrected chi connectivity index (χ0v) is 15.6. The van der Waals surface area contributed by atoms with Crippen LogP contribution in [0.25, 0.3) is 21.9 Å². The predicted octanol–water partition coefficient (Wildman–Crippen LogP) is 2.20. The second kappa shape index (κ2) is 5.95. The molecule has 27 heavy (non-hydrogen) atoms. The van der Waals surface area contributed by atoms with E-state index in [0.29, 0.717) is 24.7 Å². The molecule has 9 nitrogen and oxygen atoms in total. The summed E-state index contributed by atoms with van der Waals surface area (Å²) in [6, 6.07) is 7.40. The van der Waals surface area contributed by atoms with Crippen molar-refractivity contribution in [2.75, 3.05) is 6.54 Å². The minimum Gasteiger partial charge on any atom is -0.334 e. The van der Waals surface area contributed by atoms with E-state index >= 15 is 0 Å². The number of para-hydroxylation sites is 2. The molecule has 0 bridgehead atoms. The van der Waals surface area contributed by atoms with Crippen molar-refractivity contribution in [2.24, 2.45) is 0 Å². The Kier molecular flexibility index (Phi) is 3.54. The summed E-state index contributed by atoms with van der Waals surface area (Å²) >= 11 is 1.31. The second-order valence-electron chi connectivity index (χ2n) is 6.46. The first-order valence-corrected chi connectivity index (χ1v) is 9.38. The molecule has 1 aliphatic heterocycles. The van der Waals surface area contributed by atoms with Gasteiger partial charge >= 0.3 is 0 Å². The Hall–Kier alpha value is -3.14. The number of nitrogens with zero attached hydrogens (tertiary/aromatic N) is 7. The van der Waals surface area contributed by atoms with Crippen molar-refractivity contribution in [3.63, 3.8) is 0 Å². The van der Waals surface area contributed by atoms with Crippen molar-refractivity contribution in [2.45, 2.75) is 26.4 Å². The van der Waals surface area contributed by atoms with Crippen LogP contribution in [-0.2, 0) is 6.54 Å². The fourth-order valence-electron chi connectivity index (χ4n) is 3.40. The molecule has 0 saturated heterocycles. The molecule has 1 amide bonds. The molecule has 5 rings (SSSR count). The number of benzene rings is 1. The summed E-state index contributed by atoms with van der Waals surface area (Å²) < 4.78 is 6.24. The van der Waals surface area contributed by atoms with Crippen LogP contribution in [0.5, 0.6) is 0 Å². The number of carbonyl (C=O) groups excluding carboxylic acids is 1. The number of hydrogen-bond donors (Lipinski definition) is 1. The minimum absolute atomic E-state index is 0.138. The summed E-state index contributed by atoms with van der Waals surface area (Å²) in [5, 5.41) is 9.36. The van der Waals surface area contributed by atoms with E-state index < -0.39 is 0 Å². The van der Waals surface area contributed by atoms with Gasteiger partial charge in [0, 0.05) is 13.1 Å². The molecule has 1 aliphatic rings. The lowest BCUT2D eigenvalue weighted by Crippen LogP contribution is -2.41. The third-order valence-electron chi connectivity index (χ3n) is 4.76. The number of aryl methyl sites for hydroxylation is 1. The lowest BCUT2D eigenvalue weighted by molar-refractivity contribution is 0.0627. The summed E-state index contributed by atoms with van der Waals surface area (Å²) in [6.07, 6.45) is 0. The molecule has 10 heteroatoms. The molecule has 3 aromatic heterocycles. The van der Waals surface area contributed by atoms with E-state index in [4.69, 9.17) is 0 Å². The lowest BCUT2D eigenvalue weighted by Gasteiger charge is -2.33. The van der Waals surface area contributed by atoms with Gasteiger partial charge in [-0.3, -0.25) is 4.79 Å².